The van der Waals surface area contributed by atoms with Gasteiger partial charge in [0.1, 0.15) is 24.1 Å². The van der Waals surface area contributed by atoms with Gasteiger partial charge in [-0.1, -0.05) is 18.2 Å². The Hall–Kier alpha value is -2.10. The van der Waals surface area contributed by atoms with Crippen molar-refractivity contribution in [3.05, 3.63) is 71.6 Å². The molecule has 0 N–H and O–H groups in total. The van der Waals surface area contributed by atoms with E-state index in [1.807, 2.05) is 12.1 Å². The molecule has 0 saturated heterocycles. The van der Waals surface area contributed by atoms with Crippen LogP contribution in [-0.2, 0) is 6.67 Å². The minimum absolute atomic E-state index is 0.0756. The number of allylic oxidation sites excluding steroid dienone is 1. The molecule has 0 unspecified atom stereocenters. The Morgan fingerprint density at radius 3 is 2.08 bits per heavy atom. The molecule has 0 atom stereocenters. The van der Waals surface area contributed by atoms with Gasteiger partial charge in [-0.05, 0) is 66.8 Å². The van der Waals surface area contributed by atoms with Crippen LogP contribution in [0, 0.1) is 23.4 Å². The second kappa shape index (κ2) is 7.42. The van der Waals surface area contributed by atoms with Crippen molar-refractivity contribution in [1.29, 1.82) is 0 Å². The molecule has 0 radical (unpaired) electrons. The highest BCUT2D eigenvalue weighted by molar-refractivity contribution is 5.65. The van der Waals surface area contributed by atoms with Gasteiger partial charge in [-0.2, -0.15) is 0 Å². The number of hydrogen-bond acceptors (Lipinski definition) is 0. The van der Waals surface area contributed by atoms with Crippen LogP contribution in [0.25, 0.3) is 11.1 Å². The lowest BCUT2D eigenvalue weighted by molar-refractivity contribution is 0.375. The van der Waals surface area contributed by atoms with Crippen LogP contribution in [0.2, 0.25) is 0 Å². The Morgan fingerprint density at radius 1 is 0.920 bits per heavy atom. The van der Waals surface area contributed by atoms with E-state index in [0.29, 0.717) is 11.8 Å². The highest BCUT2D eigenvalue weighted by atomic mass is 19.1. The van der Waals surface area contributed by atoms with Gasteiger partial charge in [0.05, 0.1) is 5.56 Å². The average Bonchev–Trinajstić information content (AvgIpc) is 2.61. The molecule has 0 aliphatic heterocycles. The predicted octanol–water partition coefficient (Wildman–Crippen LogP) is 6.70. The van der Waals surface area contributed by atoms with Gasteiger partial charge in [-0.25, -0.2) is 17.6 Å². The zero-order valence-corrected chi connectivity index (χ0v) is 13.9. The zero-order chi connectivity index (χ0) is 18.0. The van der Waals surface area contributed by atoms with E-state index in [1.54, 1.807) is 6.07 Å². The molecule has 0 amide bonds. The molecule has 1 saturated carbocycles. The van der Waals surface area contributed by atoms with Crippen molar-refractivity contribution in [2.24, 2.45) is 5.92 Å². The van der Waals surface area contributed by atoms with Crippen molar-refractivity contribution < 1.29 is 17.6 Å². The third kappa shape index (κ3) is 3.63. The molecule has 2 aromatic carbocycles. The summed E-state index contributed by atoms with van der Waals surface area (Å²) in [6.45, 7) is 2.59. The fourth-order valence-corrected chi connectivity index (χ4v) is 3.59. The van der Waals surface area contributed by atoms with Crippen LogP contribution in [0.5, 0.6) is 0 Å². The summed E-state index contributed by atoms with van der Waals surface area (Å²) in [6, 6.07) is 6.77. The maximum Gasteiger partial charge on any atom is 0.132 e. The van der Waals surface area contributed by atoms with E-state index in [4.69, 9.17) is 0 Å². The van der Waals surface area contributed by atoms with Crippen molar-refractivity contribution in [1.82, 2.24) is 0 Å². The van der Waals surface area contributed by atoms with Gasteiger partial charge in [0.25, 0.3) is 0 Å². The smallest absolute Gasteiger partial charge is 0.132 e. The molecular formula is C21H20F4. The van der Waals surface area contributed by atoms with E-state index < -0.39 is 29.7 Å². The van der Waals surface area contributed by atoms with Crippen molar-refractivity contribution in [3.63, 3.8) is 0 Å². The normalized spacial score (nSPS) is 20.5. The first-order valence-electron chi connectivity index (χ1n) is 8.49. The number of halogens is 4. The maximum absolute atomic E-state index is 14.5. The van der Waals surface area contributed by atoms with Gasteiger partial charge in [-0.3, -0.25) is 0 Å². The van der Waals surface area contributed by atoms with Gasteiger partial charge in [0, 0.05) is 5.56 Å². The minimum Gasteiger partial charge on any atom is -0.246 e. The molecular weight excluding hydrogens is 328 g/mol. The zero-order valence-electron chi connectivity index (χ0n) is 13.9. The average molecular weight is 348 g/mol. The second-order valence-electron chi connectivity index (χ2n) is 6.64. The monoisotopic (exact) mass is 348 g/mol. The molecule has 0 aromatic heterocycles. The molecule has 0 bridgehead atoms. The Labute approximate surface area is 145 Å². The second-order valence-corrected chi connectivity index (χ2v) is 6.64. The number of benzene rings is 2. The lowest BCUT2D eigenvalue weighted by Crippen LogP contribution is -2.11. The van der Waals surface area contributed by atoms with E-state index in [1.165, 1.54) is 6.07 Å². The standard InChI is InChI=1S/C21H20F4/c1-2-13-3-5-14(6-4-13)15-7-8-17(19(23)9-15)16-10-20(24)18(12-22)21(25)11-16/h2,7-11,13-14H,1,3-6,12H2. The lowest BCUT2D eigenvalue weighted by atomic mass is 9.78. The molecule has 132 valence electrons. The lowest BCUT2D eigenvalue weighted by Gasteiger charge is -2.27. The van der Waals surface area contributed by atoms with Gasteiger partial charge >= 0.3 is 0 Å². The quantitative estimate of drug-likeness (QED) is 0.426. The van der Waals surface area contributed by atoms with Gasteiger partial charge in [-0.15, -0.1) is 6.58 Å². The molecule has 0 nitrogen and oxygen atoms in total. The molecule has 2 aromatic rings. The van der Waals surface area contributed by atoms with Crippen LogP contribution in [-0.4, -0.2) is 0 Å². The van der Waals surface area contributed by atoms with Crippen molar-refractivity contribution >= 4 is 0 Å². The third-order valence-corrected chi connectivity index (χ3v) is 5.16. The first-order valence-corrected chi connectivity index (χ1v) is 8.49. The molecule has 1 aliphatic carbocycles. The molecule has 1 aliphatic rings. The molecule has 4 heteroatoms. The van der Waals surface area contributed by atoms with Crippen molar-refractivity contribution in [3.8, 4) is 11.1 Å². The summed E-state index contributed by atoms with van der Waals surface area (Å²) in [5.74, 6) is -1.69. The van der Waals surface area contributed by atoms with E-state index in [-0.39, 0.29) is 11.1 Å². The first-order chi connectivity index (χ1) is 12.0. The van der Waals surface area contributed by atoms with E-state index >= 15 is 0 Å². The molecule has 1 fully saturated rings. The number of rotatable bonds is 4. The summed E-state index contributed by atoms with van der Waals surface area (Å²) in [4.78, 5) is 0. The summed E-state index contributed by atoms with van der Waals surface area (Å²) < 4.78 is 54.7. The van der Waals surface area contributed by atoms with Crippen LogP contribution in [0.15, 0.2) is 43.0 Å². The number of alkyl halides is 1. The van der Waals surface area contributed by atoms with E-state index in [2.05, 4.69) is 6.58 Å². The molecule has 0 spiro atoms. The molecule has 3 rings (SSSR count). The third-order valence-electron chi connectivity index (χ3n) is 5.16. The largest absolute Gasteiger partial charge is 0.246 e. The van der Waals surface area contributed by atoms with Crippen LogP contribution in [0.3, 0.4) is 0 Å². The SMILES string of the molecule is C=CC1CCC(c2ccc(-c3cc(F)c(CF)c(F)c3)c(F)c2)CC1. The molecule has 25 heavy (non-hydrogen) atoms. The van der Waals surface area contributed by atoms with Crippen LogP contribution < -0.4 is 0 Å². The highest BCUT2D eigenvalue weighted by Gasteiger charge is 2.22. The Bertz CT molecular complexity index is 750. The van der Waals surface area contributed by atoms with E-state index in [9.17, 15) is 17.6 Å². The van der Waals surface area contributed by atoms with E-state index in [0.717, 1.165) is 43.4 Å². The fraction of sp³-hybridized carbons (Fsp3) is 0.333. The topological polar surface area (TPSA) is 0 Å². The summed E-state index contributed by atoms with van der Waals surface area (Å²) in [6.07, 6.45) is 6.01. The van der Waals surface area contributed by atoms with Crippen LogP contribution >= 0.6 is 0 Å². The van der Waals surface area contributed by atoms with Gasteiger partial charge in [0.2, 0.25) is 0 Å². The Balaban J connectivity index is 1.87. The van der Waals surface area contributed by atoms with Crippen LogP contribution in [0.4, 0.5) is 17.6 Å². The first kappa shape index (κ1) is 17.7. The van der Waals surface area contributed by atoms with Gasteiger partial charge < -0.3 is 0 Å². The Morgan fingerprint density at radius 2 is 1.56 bits per heavy atom. The van der Waals surface area contributed by atoms with Crippen molar-refractivity contribution in [2.45, 2.75) is 38.3 Å². The maximum atomic E-state index is 14.5. The van der Waals surface area contributed by atoms with Crippen molar-refractivity contribution in [2.75, 3.05) is 0 Å². The predicted molar refractivity (Wildman–Crippen MR) is 91.5 cm³/mol. The van der Waals surface area contributed by atoms with Gasteiger partial charge in [0.15, 0.2) is 0 Å². The Kier molecular flexibility index (Phi) is 5.26. The molecule has 0 heterocycles. The summed E-state index contributed by atoms with van der Waals surface area (Å²) in [7, 11) is 0. The highest BCUT2D eigenvalue weighted by Crippen LogP contribution is 2.37. The summed E-state index contributed by atoms with van der Waals surface area (Å²) in [5, 5.41) is 0. The minimum atomic E-state index is -1.23. The fourth-order valence-electron chi connectivity index (χ4n) is 3.59. The summed E-state index contributed by atoms with van der Waals surface area (Å²) in [5.41, 5.74) is 0.475. The van der Waals surface area contributed by atoms with Crippen LogP contribution in [0.1, 0.15) is 42.7 Å². The number of hydrogen-bond donors (Lipinski definition) is 0. The summed E-state index contributed by atoms with van der Waals surface area (Å²) >= 11 is 0.